The average Bonchev–Trinajstić information content (AvgIpc) is 3.26. The van der Waals surface area contributed by atoms with Crippen molar-refractivity contribution in [2.45, 2.75) is 82.1 Å². The number of aliphatic hydroxyl groups is 1. The number of rotatable bonds is 4. The van der Waals surface area contributed by atoms with Crippen molar-refractivity contribution in [1.82, 2.24) is 9.55 Å². The molecule has 4 aliphatic rings. The van der Waals surface area contributed by atoms with E-state index in [4.69, 9.17) is 4.74 Å². The van der Waals surface area contributed by atoms with Gasteiger partial charge in [-0.3, -0.25) is 0 Å². The maximum Gasteiger partial charge on any atom is 0.167 e. The normalized spacial score (nSPS) is 45.4. The SMILES string of the molecule is COC1C=C2CCC3C(CCC4(C)C3CCC4(O)CSc3nccn3C)C2(C)CC1. The van der Waals surface area contributed by atoms with E-state index >= 15 is 0 Å². The molecule has 1 N–H and O–H groups in total. The van der Waals surface area contributed by atoms with Gasteiger partial charge in [0.1, 0.15) is 0 Å². The number of ether oxygens (including phenoxy) is 1. The van der Waals surface area contributed by atoms with Crippen molar-refractivity contribution in [2.24, 2.45) is 35.6 Å². The molecule has 5 heteroatoms. The Hall–Kier alpha value is -0.780. The summed E-state index contributed by atoms with van der Waals surface area (Å²) >= 11 is 1.73. The molecule has 0 spiro atoms. The maximum absolute atomic E-state index is 11.9. The second-order valence-corrected chi connectivity index (χ2v) is 11.9. The highest BCUT2D eigenvalue weighted by molar-refractivity contribution is 7.99. The van der Waals surface area contributed by atoms with Crippen LogP contribution in [-0.2, 0) is 11.8 Å². The lowest BCUT2D eigenvalue weighted by Gasteiger charge is -2.59. The maximum atomic E-state index is 11.9. The van der Waals surface area contributed by atoms with E-state index < -0.39 is 5.60 Å². The molecule has 5 rings (SSSR count). The van der Waals surface area contributed by atoms with Gasteiger partial charge in [-0.05, 0) is 74.5 Å². The van der Waals surface area contributed by atoms with E-state index in [9.17, 15) is 5.11 Å². The van der Waals surface area contributed by atoms with Gasteiger partial charge < -0.3 is 14.4 Å². The number of nitrogens with zero attached hydrogens (tertiary/aromatic N) is 2. The monoisotopic (exact) mass is 430 g/mol. The smallest absolute Gasteiger partial charge is 0.167 e. The van der Waals surface area contributed by atoms with Crippen molar-refractivity contribution in [3.8, 4) is 0 Å². The van der Waals surface area contributed by atoms with E-state index in [1.54, 1.807) is 17.3 Å². The molecule has 30 heavy (non-hydrogen) atoms. The molecule has 166 valence electrons. The summed E-state index contributed by atoms with van der Waals surface area (Å²) < 4.78 is 7.74. The molecular formula is C25H38N2O2S. The van der Waals surface area contributed by atoms with Gasteiger partial charge in [-0.2, -0.15) is 0 Å². The van der Waals surface area contributed by atoms with E-state index in [1.165, 1.54) is 32.1 Å². The molecule has 0 aromatic carbocycles. The van der Waals surface area contributed by atoms with Gasteiger partial charge in [0.05, 0.1) is 11.7 Å². The zero-order valence-electron chi connectivity index (χ0n) is 19.1. The van der Waals surface area contributed by atoms with Crippen LogP contribution in [0.25, 0.3) is 0 Å². The van der Waals surface area contributed by atoms with Crippen molar-refractivity contribution < 1.29 is 9.84 Å². The summed E-state index contributed by atoms with van der Waals surface area (Å²) in [6.45, 7) is 4.96. The van der Waals surface area contributed by atoms with Crippen LogP contribution >= 0.6 is 11.8 Å². The van der Waals surface area contributed by atoms with Crippen LogP contribution in [0, 0.1) is 28.6 Å². The van der Waals surface area contributed by atoms with Gasteiger partial charge in [0.25, 0.3) is 0 Å². The van der Waals surface area contributed by atoms with Crippen molar-refractivity contribution in [2.75, 3.05) is 12.9 Å². The molecule has 3 saturated carbocycles. The van der Waals surface area contributed by atoms with Crippen molar-refractivity contribution in [3.63, 3.8) is 0 Å². The molecule has 0 bridgehead atoms. The summed E-state index contributed by atoms with van der Waals surface area (Å²) in [5.74, 6) is 2.96. The average molecular weight is 431 g/mol. The topological polar surface area (TPSA) is 47.3 Å². The number of hydrogen-bond donors (Lipinski definition) is 1. The van der Waals surface area contributed by atoms with Gasteiger partial charge in [0.2, 0.25) is 0 Å². The Morgan fingerprint density at radius 2 is 1.97 bits per heavy atom. The highest BCUT2D eigenvalue weighted by atomic mass is 32.2. The Labute approximate surface area is 185 Å². The van der Waals surface area contributed by atoms with E-state index in [1.807, 2.05) is 26.6 Å². The second kappa shape index (κ2) is 7.38. The highest BCUT2D eigenvalue weighted by Gasteiger charge is 2.63. The Morgan fingerprint density at radius 1 is 1.17 bits per heavy atom. The molecule has 0 radical (unpaired) electrons. The minimum atomic E-state index is -0.579. The fraction of sp³-hybridized carbons (Fsp3) is 0.800. The van der Waals surface area contributed by atoms with Crippen molar-refractivity contribution in [3.05, 3.63) is 24.0 Å². The Bertz CT molecular complexity index is 837. The van der Waals surface area contributed by atoms with E-state index in [-0.39, 0.29) is 5.41 Å². The lowest BCUT2D eigenvalue weighted by molar-refractivity contribution is -0.116. The zero-order chi connectivity index (χ0) is 21.1. The molecule has 7 unspecified atom stereocenters. The first kappa shape index (κ1) is 21.1. The number of aromatic nitrogens is 2. The number of hydrogen-bond acceptors (Lipinski definition) is 4. The Balaban J connectivity index is 1.37. The third kappa shape index (κ3) is 2.98. The predicted molar refractivity (Wildman–Crippen MR) is 121 cm³/mol. The van der Waals surface area contributed by atoms with Crippen LogP contribution in [0.1, 0.15) is 65.2 Å². The number of methoxy groups -OCH3 is 1. The number of imidazole rings is 1. The number of allylic oxidation sites excluding steroid dienone is 1. The van der Waals surface area contributed by atoms with Crippen molar-refractivity contribution in [1.29, 1.82) is 0 Å². The largest absolute Gasteiger partial charge is 0.388 e. The van der Waals surface area contributed by atoms with Gasteiger partial charge >= 0.3 is 0 Å². The van der Waals surface area contributed by atoms with Crippen LogP contribution in [0.2, 0.25) is 0 Å². The molecule has 0 saturated heterocycles. The molecule has 0 aliphatic heterocycles. The van der Waals surface area contributed by atoms with E-state index in [0.29, 0.717) is 17.4 Å². The highest BCUT2D eigenvalue weighted by Crippen LogP contribution is 2.68. The molecule has 3 fully saturated rings. The summed E-state index contributed by atoms with van der Waals surface area (Å²) in [5.41, 5.74) is 1.48. The molecule has 1 heterocycles. The van der Waals surface area contributed by atoms with Gasteiger partial charge in [-0.1, -0.05) is 37.3 Å². The second-order valence-electron chi connectivity index (χ2n) is 11.0. The molecule has 7 atom stereocenters. The van der Waals surface area contributed by atoms with Crippen molar-refractivity contribution >= 4 is 11.8 Å². The standard InChI is InChI=1S/C25H38N2O2S/c1-23-10-7-18(29-4)15-17(23)5-6-19-20(23)8-11-24(2)21(19)9-12-25(24,28)16-30-22-26-13-14-27(22)3/h13-15,18-21,28H,5-12,16H2,1-4H3. The third-order valence-corrected chi connectivity index (χ3v) is 11.2. The van der Waals surface area contributed by atoms with Gasteiger partial charge in [-0.15, -0.1) is 0 Å². The summed E-state index contributed by atoms with van der Waals surface area (Å²) in [6, 6.07) is 0. The van der Waals surface area contributed by atoms with Crippen LogP contribution in [0.5, 0.6) is 0 Å². The number of thioether (sulfide) groups is 1. The first-order chi connectivity index (χ1) is 14.3. The Morgan fingerprint density at radius 3 is 2.70 bits per heavy atom. The molecule has 1 aromatic heterocycles. The molecule has 4 nitrogen and oxygen atoms in total. The molecular weight excluding hydrogens is 392 g/mol. The predicted octanol–water partition coefficient (Wildman–Crippen LogP) is 5.22. The number of aryl methyl sites for hydroxylation is 1. The third-order valence-electron chi connectivity index (χ3n) is 9.91. The van der Waals surface area contributed by atoms with Crippen LogP contribution in [0.3, 0.4) is 0 Å². The van der Waals surface area contributed by atoms with E-state index in [2.05, 4.69) is 29.5 Å². The molecule has 0 amide bonds. The summed E-state index contributed by atoms with van der Waals surface area (Å²) in [7, 11) is 3.89. The zero-order valence-corrected chi connectivity index (χ0v) is 19.9. The van der Waals surface area contributed by atoms with Gasteiger partial charge in [-0.25, -0.2) is 4.98 Å². The molecule has 4 aliphatic carbocycles. The van der Waals surface area contributed by atoms with Gasteiger partial charge in [0, 0.05) is 37.7 Å². The minimum Gasteiger partial charge on any atom is -0.388 e. The summed E-state index contributed by atoms with van der Waals surface area (Å²) in [6.07, 6.45) is 16.1. The Kier molecular flexibility index (Phi) is 5.19. The quantitative estimate of drug-likeness (QED) is 0.525. The fourth-order valence-electron chi connectivity index (χ4n) is 7.90. The van der Waals surface area contributed by atoms with Gasteiger partial charge in [0.15, 0.2) is 5.16 Å². The van der Waals surface area contributed by atoms with Crippen LogP contribution in [-0.4, -0.2) is 39.2 Å². The number of fused-ring (bicyclic) bond motifs is 5. The first-order valence-electron chi connectivity index (χ1n) is 11.9. The lowest BCUT2D eigenvalue weighted by Crippen LogP contribution is -2.55. The van der Waals surface area contributed by atoms with Crippen LogP contribution in [0.4, 0.5) is 0 Å². The molecule has 1 aromatic rings. The lowest BCUT2D eigenvalue weighted by atomic mass is 9.46. The van der Waals surface area contributed by atoms with E-state index in [0.717, 1.165) is 42.0 Å². The summed E-state index contributed by atoms with van der Waals surface area (Å²) in [5, 5.41) is 12.9. The summed E-state index contributed by atoms with van der Waals surface area (Å²) in [4.78, 5) is 4.47. The first-order valence-corrected chi connectivity index (χ1v) is 12.9. The fourth-order valence-corrected chi connectivity index (χ4v) is 9.15. The minimum absolute atomic E-state index is 0.0354. The van der Waals surface area contributed by atoms with Crippen LogP contribution < -0.4 is 0 Å². The van der Waals surface area contributed by atoms with Crippen LogP contribution in [0.15, 0.2) is 29.2 Å².